The third-order valence-electron chi connectivity index (χ3n) is 2.75. The van der Waals surface area contributed by atoms with Crippen molar-refractivity contribution in [3.63, 3.8) is 0 Å². The lowest BCUT2D eigenvalue weighted by Crippen LogP contribution is -2.10. The first-order chi connectivity index (χ1) is 8.27. The summed E-state index contributed by atoms with van der Waals surface area (Å²) in [5.41, 5.74) is 7.22. The van der Waals surface area contributed by atoms with Crippen LogP contribution < -0.4 is 10.5 Å². The van der Waals surface area contributed by atoms with Crippen LogP contribution in [0.3, 0.4) is 0 Å². The lowest BCUT2D eigenvalue weighted by molar-refractivity contribution is 0.315. The van der Waals surface area contributed by atoms with E-state index in [0.29, 0.717) is 0 Å². The molecule has 0 bridgehead atoms. The van der Waals surface area contributed by atoms with Crippen molar-refractivity contribution in [1.29, 1.82) is 0 Å². The summed E-state index contributed by atoms with van der Waals surface area (Å²) in [4.78, 5) is 4.18. The number of ether oxygens (including phenoxy) is 1. The molecule has 3 heteroatoms. The third kappa shape index (κ3) is 5.18. The summed E-state index contributed by atoms with van der Waals surface area (Å²) in [5.74, 6) is 0.829. The van der Waals surface area contributed by atoms with Crippen LogP contribution in [0.4, 0.5) is 0 Å². The molecule has 1 atom stereocenters. The molecule has 0 radical (unpaired) electrons. The maximum Gasteiger partial charge on any atom is 0.137 e. The standard InChI is InChI=1S/C14H24N2O/c1-3-5-6-7-14(15)12-9-13(11-16-10-12)17-8-4-2/h9-11,14H,3-8,15H2,1-2H3. The quantitative estimate of drug-likeness (QED) is 0.703. The molecule has 0 amide bonds. The Labute approximate surface area is 104 Å². The van der Waals surface area contributed by atoms with E-state index in [9.17, 15) is 0 Å². The number of nitrogens with two attached hydrogens (primary N) is 1. The van der Waals surface area contributed by atoms with E-state index in [1.807, 2.05) is 12.3 Å². The Balaban J connectivity index is 2.51. The maximum atomic E-state index is 6.14. The molecule has 0 saturated carbocycles. The second kappa shape index (κ2) is 8.07. The smallest absolute Gasteiger partial charge is 0.137 e. The topological polar surface area (TPSA) is 48.1 Å². The van der Waals surface area contributed by atoms with Gasteiger partial charge in [-0.1, -0.05) is 33.1 Å². The first-order valence-electron chi connectivity index (χ1n) is 6.61. The number of pyridine rings is 1. The van der Waals surface area contributed by atoms with Crippen molar-refractivity contribution < 1.29 is 4.74 Å². The molecular formula is C14H24N2O. The van der Waals surface area contributed by atoms with Crippen molar-refractivity contribution in [2.75, 3.05) is 6.61 Å². The molecule has 96 valence electrons. The number of unbranched alkanes of at least 4 members (excludes halogenated alkanes) is 2. The van der Waals surface area contributed by atoms with Gasteiger partial charge in [-0.05, 0) is 24.5 Å². The van der Waals surface area contributed by atoms with E-state index < -0.39 is 0 Å². The first kappa shape index (κ1) is 14.0. The van der Waals surface area contributed by atoms with E-state index >= 15 is 0 Å². The summed E-state index contributed by atoms with van der Waals surface area (Å²) in [6, 6.07) is 2.10. The average molecular weight is 236 g/mol. The summed E-state index contributed by atoms with van der Waals surface area (Å²) in [7, 11) is 0. The summed E-state index contributed by atoms with van der Waals surface area (Å²) < 4.78 is 5.55. The van der Waals surface area contributed by atoms with Crippen LogP contribution in [-0.4, -0.2) is 11.6 Å². The monoisotopic (exact) mass is 236 g/mol. The minimum Gasteiger partial charge on any atom is -0.492 e. The normalized spacial score (nSPS) is 12.4. The van der Waals surface area contributed by atoms with Gasteiger partial charge in [-0.3, -0.25) is 4.98 Å². The highest BCUT2D eigenvalue weighted by molar-refractivity contribution is 5.25. The fraction of sp³-hybridized carbons (Fsp3) is 0.643. The molecule has 1 aromatic heterocycles. The second-order valence-corrected chi connectivity index (χ2v) is 4.40. The van der Waals surface area contributed by atoms with Crippen LogP contribution in [0, 0.1) is 0 Å². The van der Waals surface area contributed by atoms with Gasteiger partial charge in [-0.15, -0.1) is 0 Å². The number of hydrogen-bond acceptors (Lipinski definition) is 3. The van der Waals surface area contributed by atoms with Crippen LogP contribution in [0.5, 0.6) is 5.75 Å². The minimum absolute atomic E-state index is 0.0826. The van der Waals surface area contributed by atoms with Gasteiger partial charge in [0.25, 0.3) is 0 Å². The van der Waals surface area contributed by atoms with Gasteiger partial charge in [0.2, 0.25) is 0 Å². The SMILES string of the molecule is CCCCCC(N)c1cncc(OCCC)c1. The van der Waals surface area contributed by atoms with Crippen molar-refractivity contribution in [1.82, 2.24) is 4.98 Å². The molecule has 17 heavy (non-hydrogen) atoms. The Bertz CT molecular complexity index is 315. The number of nitrogens with zero attached hydrogens (tertiary/aromatic N) is 1. The van der Waals surface area contributed by atoms with Crippen LogP contribution >= 0.6 is 0 Å². The van der Waals surface area contributed by atoms with Crippen LogP contribution in [-0.2, 0) is 0 Å². The molecule has 0 aliphatic carbocycles. The molecular weight excluding hydrogens is 212 g/mol. The van der Waals surface area contributed by atoms with Crippen molar-refractivity contribution in [2.45, 2.75) is 52.0 Å². The predicted molar refractivity (Wildman–Crippen MR) is 71.1 cm³/mol. The van der Waals surface area contributed by atoms with Gasteiger partial charge in [0.15, 0.2) is 0 Å². The van der Waals surface area contributed by atoms with E-state index in [-0.39, 0.29) is 6.04 Å². The highest BCUT2D eigenvalue weighted by Gasteiger charge is 2.07. The van der Waals surface area contributed by atoms with Gasteiger partial charge in [0, 0.05) is 12.2 Å². The molecule has 1 rings (SSSR count). The van der Waals surface area contributed by atoms with E-state index in [1.54, 1.807) is 6.20 Å². The Morgan fingerprint density at radius 3 is 2.76 bits per heavy atom. The largest absolute Gasteiger partial charge is 0.492 e. The molecule has 0 aliphatic rings. The zero-order valence-electron chi connectivity index (χ0n) is 11.0. The highest BCUT2D eigenvalue weighted by Crippen LogP contribution is 2.20. The first-order valence-corrected chi connectivity index (χ1v) is 6.61. The second-order valence-electron chi connectivity index (χ2n) is 4.40. The molecule has 0 spiro atoms. The summed E-state index contributed by atoms with van der Waals surface area (Å²) in [6.07, 6.45) is 9.27. The summed E-state index contributed by atoms with van der Waals surface area (Å²) in [5, 5.41) is 0. The molecule has 1 unspecified atom stereocenters. The molecule has 2 N–H and O–H groups in total. The van der Waals surface area contributed by atoms with Gasteiger partial charge in [0.1, 0.15) is 5.75 Å². The summed E-state index contributed by atoms with van der Waals surface area (Å²) >= 11 is 0. The third-order valence-corrected chi connectivity index (χ3v) is 2.75. The van der Waals surface area contributed by atoms with Crippen molar-refractivity contribution in [3.05, 3.63) is 24.0 Å². The Morgan fingerprint density at radius 1 is 1.24 bits per heavy atom. The van der Waals surface area contributed by atoms with Gasteiger partial charge >= 0.3 is 0 Å². The van der Waals surface area contributed by atoms with Crippen LogP contribution in [0.25, 0.3) is 0 Å². The van der Waals surface area contributed by atoms with Crippen LogP contribution in [0.1, 0.15) is 57.6 Å². The molecule has 0 saturated heterocycles. The highest BCUT2D eigenvalue weighted by atomic mass is 16.5. The molecule has 0 aromatic carbocycles. The van der Waals surface area contributed by atoms with Gasteiger partial charge < -0.3 is 10.5 Å². The van der Waals surface area contributed by atoms with E-state index in [4.69, 9.17) is 10.5 Å². The Kier molecular flexibility index (Phi) is 6.63. The number of hydrogen-bond donors (Lipinski definition) is 1. The molecule has 3 nitrogen and oxygen atoms in total. The van der Waals surface area contributed by atoms with Gasteiger partial charge in [0.05, 0.1) is 12.8 Å². The lowest BCUT2D eigenvalue weighted by atomic mass is 10.0. The van der Waals surface area contributed by atoms with Crippen LogP contribution in [0.2, 0.25) is 0 Å². The lowest BCUT2D eigenvalue weighted by Gasteiger charge is -2.12. The van der Waals surface area contributed by atoms with Crippen LogP contribution in [0.15, 0.2) is 18.5 Å². The molecule has 0 aliphatic heterocycles. The van der Waals surface area contributed by atoms with E-state index in [1.165, 1.54) is 19.3 Å². The summed E-state index contributed by atoms with van der Waals surface area (Å²) in [6.45, 7) is 5.02. The maximum absolute atomic E-state index is 6.14. The van der Waals surface area contributed by atoms with Gasteiger partial charge in [-0.25, -0.2) is 0 Å². The minimum atomic E-state index is 0.0826. The zero-order chi connectivity index (χ0) is 12.5. The number of aromatic nitrogens is 1. The zero-order valence-corrected chi connectivity index (χ0v) is 11.0. The average Bonchev–Trinajstić information content (AvgIpc) is 2.37. The van der Waals surface area contributed by atoms with E-state index in [2.05, 4.69) is 18.8 Å². The van der Waals surface area contributed by atoms with Crippen molar-refractivity contribution in [2.24, 2.45) is 5.73 Å². The molecule has 1 heterocycles. The number of rotatable bonds is 8. The van der Waals surface area contributed by atoms with Gasteiger partial charge in [-0.2, -0.15) is 0 Å². The molecule has 1 aromatic rings. The van der Waals surface area contributed by atoms with Crippen molar-refractivity contribution in [3.8, 4) is 5.75 Å². The van der Waals surface area contributed by atoms with Crippen molar-refractivity contribution >= 4 is 0 Å². The fourth-order valence-corrected chi connectivity index (χ4v) is 1.72. The molecule has 0 fully saturated rings. The Hall–Kier alpha value is -1.09. The van der Waals surface area contributed by atoms with E-state index in [0.717, 1.165) is 30.8 Å². The predicted octanol–water partition coefficient (Wildman–Crippen LogP) is 3.45. The fourth-order valence-electron chi connectivity index (χ4n) is 1.72. The Morgan fingerprint density at radius 2 is 2.06 bits per heavy atom.